The standard InChI is InChI=1S/C22H30O2/c1-4-10-22(24)13-9-19-17-6-5-15-14-16(23)7-11-20(15,2)18(17)8-12-21(19,22)3/h14,17-19,24H,5-9,11-13H2,1-3H3/t17-,18+,19+,20+,21+,22-/m1/s1. The Hall–Kier alpha value is -1.07. The van der Waals surface area contributed by atoms with Gasteiger partial charge in [-0.25, -0.2) is 0 Å². The second-order valence-electron chi connectivity index (χ2n) is 9.20. The van der Waals surface area contributed by atoms with Gasteiger partial charge in [-0.05, 0) is 81.1 Å². The molecule has 2 heteroatoms. The first-order valence-corrected chi connectivity index (χ1v) is 9.74. The van der Waals surface area contributed by atoms with Gasteiger partial charge in [0.1, 0.15) is 5.60 Å². The van der Waals surface area contributed by atoms with Crippen molar-refractivity contribution < 1.29 is 9.90 Å². The third-order valence-electron chi connectivity index (χ3n) is 8.45. The molecule has 0 amide bonds. The molecule has 4 aliphatic carbocycles. The summed E-state index contributed by atoms with van der Waals surface area (Å²) in [6.07, 6.45) is 10.2. The van der Waals surface area contributed by atoms with Crippen LogP contribution in [0.3, 0.4) is 0 Å². The predicted molar refractivity (Wildman–Crippen MR) is 95.1 cm³/mol. The number of carbonyl (C=O) groups excluding carboxylic acids is 1. The lowest BCUT2D eigenvalue weighted by atomic mass is 9.46. The largest absolute Gasteiger partial charge is 0.377 e. The fourth-order valence-corrected chi connectivity index (χ4v) is 6.99. The van der Waals surface area contributed by atoms with Crippen LogP contribution in [-0.2, 0) is 4.79 Å². The van der Waals surface area contributed by atoms with Gasteiger partial charge in [-0.15, -0.1) is 5.92 Å². The van der Waals surface area contributed by atoms with E-state index < -0.39 is 5.60 Å². The lowest BCUT2D eigenvalue weighted by Crippen LogP contribution is -2.54. The topological polar surface area (TPSA) is 37.3 Å². The van der Waals surface area contributed by atoms with Crippen molar-refractivity contribution in [2.45, 2.75) is 77.7 Å². The van der Waals surface area contributed by atoms with E-state index in [1.165, 1.54) is 18.4 Å². The fraction of sp³-hybridized carbons (Fsp3) is 0.773. The van der Waals surface area contributed by atoms with Crippen LogP contribution in [0.5, 0.6) is 0 Å². The van der Waals surface area contributed by atoms with Crippen LogP contribution in [0.25, 0.3) is 0 Å². The maximum absolute atomic E-state index is 11.9. The zero-order chi connectivity index (χ0) is 17.2. The van der Waals surface area contributed by atoms with Crippen LogP contribution in [0, 0.1) is 40.4 Å². The molecule has 0 unspecified atom stereocenters. The first kappa shape index (κ1) is 16.4. The van der Waals surface area contributed by atoms with Gasteiger partial charge < -0.3 is 5.11 Å². The van der Waals surface area contributed by atoms with Crippen LogP contribution in [0.4, 0.5) is 0 Å². The van der Waals surface area contributed by atoms with Crippen molar-refractivity contribution in [3.63, 3.8) is 0 Å². The molecule has 2 nitrogen and oxygen atoms in total. The van der Waals surface area contributed by atoms with Crippen molar-refractivity contribution in [1.82, 2.24) is 0 Å². The number of hydrogen-bond acceptors (Lipinski definition) is 2. The van der Waals surface area contributed by atoms with E-state index >= 15 is 0 Å². The number of allylic oxidation sites excluding steroid dienone is 1. The van der Waals surface area contributed by atoms with Crippen molar-refractivity contribution >= 4 is 5.78 Å². The van der Waals surface area contributed by atoms with Gasteiger partial charge in [0.05, 0.1) is 0 Å². The summed E-state index contributed by atoms with van der Waals surface area (Å²) in [6.45, 7) is 6.55. The minimum atomic E-state index is -0.795. The van der Waals surface area contributed by atoms with Crippen LogP contribution in [0.1, 0.15) is 72.1 Å². The number of aliphatic hydroxyl groups is 1. The van der Waals surface area contributed by atoms with Crippen LogP contribution < -0.4 is 0 Å². The first-order chi connectivity index (χ1) is 11.3. The minimum absolute atomic E-state index is 0.0563. The van der Waals surface area contributed by atoms with Gasteiger partial charge in [0.15, 0.2) is 5.78 Å². The zero-order valence-electron chi connectivity index (χ0n) is 15.3. The minimum Gasteiger partial charge on any atom is -0.377 e. The summed E-state index contributed by atoms with van der Waals surface area (Å²) in [4.78, 5) is 11.9. The van der Waals surface area contributed by atoms with Gasteiger partial charge in [0.25, 0.3) is 0 Å². The van der Waals surface area contributed by atoms with Crippen molar-refractivity contribution in [3.8, 4) is 11.8 Å². The quantitative estimate of drug-likeness (QED) is 0.675. The number of fused-ring (bicyclic) bond motifs is 5. The molecule has 24 heavy (non-hydrogen) atoms. The first-order valence-electron chi connectivity index (χ1n) is 9.74. The molecule has 6 atom stereocenters. The Kier molecular flexibility index (Phi) is 3.56. The molecule has 0 radical (unpaired) electrons. The average molecular weight is 326 g/mol. The molecule has 130 valence electrons. The van der Waals surface area contributed by atoms with Gasteiger partial charge in [0.2, 0.25) is 0 Å². The Balaban J connectivity index is 1.69. The molecular weight excluding hydrogens is 296 g/mol. The SMILES string of the molecule is CC#C[C@@]1(O)CC[C@H]2[C@@H]3CCC4=CC(=O)CC[C@]4(C)[C@H]3CC[C@@]21C. The number of ketones is 1. The Labute approximate surface area is 146 Å². The third-order valence-corrected chi connectivity index (χ3v) is 8.45. The van der Waals surface area contributed by atoms with Gasteiger partial charge >= 0.3 is 0 Å². The maximum Gasteiger partial charge on any atom is 0.155 e. The number of rotatable bonds is 0. The Morgan fingerprint density at radius 3 is 2.58 bits per heavy atom. The average Bonchev–Trinajstić information content (AvgIpc) is 2.80. The van der Waals surface area contributed by atoms with Gasteiger partial charge in [-0.2, -0.15) is 0 Å². The highest BCUT2D eigenvalue weighted by Crippen LogP contribution is 2.67. The van der Waals surface area contributed by atoms with Crippen molar-refractivity contribution in [2.24, 2.45) is 28.6 Å². The molecule has 0 aromatic heterocycles. The molecular formula is C22H30O2. The van der Waals surface area contributed by atoms with E-state index in [4.69, 9.17) is 0 Å². The smallest absolute Gasteiger partial charge is 0.155 e. The lowest BCUT2D eigenvalue weighted by molar-refractivity contribution is -0.119. The molecule has 0 spiro atoms. The molecule has 0 bridgehead atoms. The maximum atomic E-state index is 11.9. The van der Waals surface area contributed by atoms with Crippen molar-refractivity contribution in [3.05, 3.63) is 11.6 Å². The molecule has 0 aliphatic heterocycles. The molecule has 0 heterocycles. The van der Waals surface area contributed by atoms with Crippen LogP contribution in [0.15, 0.2) is 11.6 Å². The summed E-state index contributed by atoms with van der Waals surface area (Å²) in [6, 6.07) is 0. The Bertz CT molecular complexity index is 665. The highest BCUT2D eigenvalue weighted by atomic mass is 16.3. The molecule has 0 aromatic rings. The third kappa shape index (κ3) is 1.97. The summed E-state index contributed by atoms with van der Waals surface area (Å²) in [5.41, 5.74) is 0.788. The summed E-state index contributed by atoms with van der Waals surface area (Å²) in [5.74, 6) is 8.45. The van der Waals surface area contributed by atoms with Crippen molar-refractivity contribution in [1.29, 1.82) is 0 Å². The van der Waals surface area contributed by atoms with E-state index in [2.05, 4.69) is 25.7 Å². The molecule has 1 N–H and O–H groups in total. The lowest BCUT2D eigenvalue weighted by Gasteiger charge is -2.58. The molecule has 0 aromatic carbocycles. The summed E-state index contributed by atoms with van der Waals surface area (Å²) < 4.78 is 0. The van der Waals surface area contributed by atoms with Gasteiger partial charge in [0, 0.05) is 11.8 Å². The molecule has 4 aliphatic rings. The Morgan fingerprint density at radius 2 is 1.83 bits per heavy atom. The fourth-order valence-electron chi connectivity index (χ4n) is 6.99. The van der Waals surface area contributed by atoms with Gasteiger partial charge in [-0.1, -0.05) is 25.3 Å². The van der Waals surface area contributed by atoms with E-state index in [0.29, 0.717) is 23.5 Å². The highest BCUT2D eigenvalue weighted by Gasteiger charge is 2.63. The van der Waals surface area contributed by atoms with Crippen molar-refractivity contribution in [2.75, 3.05) is 0 Å². The monoisotopic (exact) mass is 326 g/mol. The highest BCUT2D eigenvalue weighted by molar-refractivity contribution is 5.91. The van der Waals surface area contributed by atoms with Crippen LogP contribution in [0.2, 0.25) is 0 Å². The predicted octanol–water partition coefficient (Wildman–Crippen LogP) is 4.27. The van der Waals surface area contributed by atoms with E-state index in [1.807, 2.05) is 13.0 Å². The normalized spacial score (nSPS) is 50.1. The summed E-state index contributed by atoms with van der Waals surface area (Å²) in [7, 11) is 0. The van der Waals surface area contributed by atoms with E-state index in [0.717, 1.165) is 38.5 Å². The van der Waals surface area contributed by atoms with E-state index in [1.54, 1.807) is 0 Å². The number of carbonyl (C=O) groups is 1. The van der Waals surface area contributed by atoms with E-state index in [-0.39, 0.29) is 10.8 Å². The molecule has 3 fully saturated rings. The number of hydrogen-bond donors (Lipinski definition) is 1. The summed E-state index contributed by atoms with van der Waals surface area (Å²) in [5, 5.41) is 11.2. The van der Waals surface area contributed by atoms with Crippen LogP contribution >= 0.6 is 0 Å². The second kappa shape index (κ2) is 5.21. The second-order valence-corrected chi connectivity index (χ2v) is 9.20. The van der Waals surface area contributed by atoms with E-state index in [9.17, 15) is 9.90 Å². The molecule has 3 saturated carbocycles. The van der Waals surface area contributed by atoms with Gasteiger partial charge in [-0.3, -0.25) is 4.79 Å². The summed E-state index contributed by atoms with van der Waals surface area (Å²) >= 11 is 0. The molecule has 4 rings (SSSR count). The van der Waals surface area contributed by atoms with Crippen LogP contribution in [-0.4, -0.2) is 16.5 Å². The Morgan fingerprint density at radius 1 is 1.08 bits per heavy atom. The zero-order valence-corrected chi connectivity index (χ0v) is 15.3. The molecule has 0 saturated heterocycles.